The maximum atomic E-state index is 6.06. The van der Waals surface area contributed by atoms with Crippen LogP contribution in [0, 0.1) is 0 Å². The second-order valence-corrected chi connectivity index (χ2v) is 6.06. The molecule has 0 N–H and O–H groups in total. The highest BCUT2D eigenvalue weighted by Crippen LogP contribution is 2.26. The number of rotatable bonds is 4. The molecule has 0 spiro atoms. The van der Waals surface area contributed by atoms with Crippen LogP contribution in [0.5, 0.6) is 0 Å². The fourth-order valence-corrected chi connectivity index (χ4v) is 2.92. The quantitative estimate of drug-likeness (QED) is 0.669. The van der Waals surface area contributed by atoms with Crippen LogP contribution >= 0.6 is 39.1 Å². The highest BCUT2D eigenvalue weighted by atomic mass is 79.9. The van der Waals surface area contributed by atoms with Crippen molar-refractivity contribution in [2.75, 3.05) is 11.4 Å². The highest BCUT2D eigenvalue weighted by Gasteiger charge is 2.07. The molecule has 0 aliphatic rings. The van der Waals surface area contributed by atoms with Crippen molar-refractivity contribution in [2.45, 2.75) is 13.5 Å². The Labute approximate surface area is 132 Å². The summed E-state index contributed by atoms with van der Waals surface area (Å²) in [6.45, 7) is 3.84. The van der Waals surface area contributed by atoms with Gasteiger partial charge in [-0.2, -0.15) is 0 Å². The fraction of sp³-hybridized carbons (Fsp3) is 0.200. The summed E-state index contributed by atoms with van der Waals surface area (Å²) in [6, 6.07) is 13.9. The zero-order chi connectivity index (χ0) is 13.8. The van der Waals surface area contributed by atoms with Crippen LogP contribution in [-0.4, -0.2) is 6.54 Å². The Morgan fingerprint density at radius 2 is 1.74 bits per heavy atom. The Morgan fingerprint density at radius 3 is 2.32 bits per heavy atom. The van der Waals surface area contributed by atoms with Gasteiger partial charge in [0.15, 0.2) is 0 Å². The van der Waals surface area contributed by atoms with Gasteiger partial charge in [-0.1, -0.05) is 51.3 Å². The van der Waals surface area contributed by atoms with Crippen LogP contribution in [0.2, 0.25) is 10.0 Å². The molecule has 2 aromatic rings. The molecule has 0 saturated carbocycles. The van der Waals surface area contributed by atoms with E-state index in [1.807, 2.05) is 24.3 Å². The molecule has 0 saturated heterocycles. The predicted octanol–water partition coefficient (Wildman–Crippen LogP) is 5.78. The maximum absolute atomic E-state index is 6.06. The fourth-order valence-electron chi connectivity index (χ4n) is 1.96. The third-order valence-corrected chi connectivity index (χ3v) is 3.79. The van der Waals surface area contributed by atoms with Crippen LogP contribution in [0.25, 0.3) is 0 Å². The average Bonchev–Trinajstić information content (AvgIpc) is 2.34. The van der Waals surface area contributed by atoms with Gasteiger partial charge in [-0.25, -0.2) is 0 Å². The van der Waals surface area contributed by atoms with Gasteiger partial charge in [-0.05, 0) is 42.8 Å². The zero-order valence-corrected chi connectivity index (χ0v) is 13.6. The van der Waals surface area contributed by atoms with Crippen molar-refractivity contribution in [3.63, 3.8) is 0 Å². The first-order chi connectivity index (χ1) is 9.08. The summed E-state index contributed by atoms with van der Waals surface area (Å²) in [5.41, 5.74) is 2.28. The van der Waals surface area contributed by atoms with E-state index in [1.54, 1.807) is 6.07 Å². The molecule has 19 heavy (non-hydrogen) atoms. The van der Waals surface area contributed by atoms with Crippen LogP contribution in [0.15, 0.2) is 46.9 Å². The summed E-state index contributed by atoms with van der Waals surface area (Å²) in [7, 11) is 0. The van der Waals surface area contributed by atoms with Gasteiger partial charge in [-0.15, -0.1) is 0 Å². The highest BCUT2D eigenvalue weighted by molar-refractivity contribution is 9.10. The standard InChI is InChI=1S/C15H14BrCl2N/c1-2-19(10-11-4-3-5-12(16)6-11)15-8-13(17)7-14(18)9-15/h3-9H,2,10H2,1H3. The first-order valence-corrected chi connectivity index (χ1v) is 7.59. The van der Waals surface area contributed by atoms with Crippen LogP contribution in [-0.2, 0) is 6.54 Å². The molecule has 0 fully saturated rings. The number of nitrogens with zero attached hydrogens (tertiary/aromatic N) is 1. The molecule has 0 atom stereocenters. The number of halogens is 3. The van der Waals surface area contributed by atoms with Crippen molar-refractivity contribution in [2.24, 2.45) is 0 Å². The van der Waals surface area contributed by atoms with E-state index in [-0.39, 0.29) is 0 Å². The van der Waals surface area contributed by atoms with Crippen molar-refractivity contribution in [1.29, 1.82) is 0 Å². The van der Waals surface area contributed by atoms with Gasteiger partial charge in [0.25, 0.3) is 0 Å². The van der Waals surface area contributed by atoms with Crippen LogP contribution in [0.4, 0.5) is 5.69 Å². The second kappa shape index (κ2) is 6.65. The Morgan fingerprint density at radius 1 is 1.05 bits per heavy atom. The van der Waals surface area contributed by atoms with Crippen molar-refractivity contribution in [3.8, 4) is 0 Å². The van der Waals surface area contributed by atoms with E-state index in [1.165, 1.54) is 5.56 Å². The zero-order valence-electron chi connectivity index (χ0n) is 10.5. The molecule has 0 bridgehead atoms. The van der Waals surface area contributed by atoms with Gasteiger partial charge in [0.05, 0.1) is 0 Å². The minimum atomic E-state index is 0.662. The summed E-state index contributed by atoms with van der Waals surface area (Å²) < 4.78 is 1.09. The predicted molar refractivity (Wildman–Crippen MR) is 87.3 cm³/mol. The number of hydrogen-bond donors (Lipinski definition) is 0. The normalized spacial score (nSPS) is 10.5. The first kappa shape index (κ1) is 14.7. The molecule has 2 rings (SSSR count). The lowest BCUT2D eigenvalue weighted by molar-refractivity contribution is 0.831. The summed E-state index contributed by atoms with van der Waals surface area (Å²) in [5, 5.41) is 1.32. The van der Waals surface area contributed by atoms with Crippen LogP contribution < -0.4 is 4.90 Å². The molecule has 4 heteroatoms. The van der Waals surface area contributed by atoms with E-state index < -0.39 is 0 Å². The molecule has 100 valence electrons. The van der Waals surface area contributed by atoms with E-state index in [9.17, 15) is 0 Å². The molecule has 0 aliphatic carbocycles. The lowest BCUT2D eigenvalue weighted by atomic mass is 10.2. The molecule has 1 nitrogen and oxygen atoms in total. The SMILES string of the molecule is CCN(Cc1cccc(Br)c1)c1cc(Cl)cc(Cl)c1. The van der Waals surface area contributed by atoms with Gasteiger partial charge < -0.3 is 4.90 Å². The Kier molecular flexibility index (Phi) is 5.14. The summed E-state index contributed by atoms with van der Waals surface area (Å²) in [6.07, 6.45) is 0. The van der Waals surface area contributed by atoms with Crippen molar-refractivity contribution in [1.82, 2.24) is 0 Å². The number of anilines is 1. The average molecular weight is 359 g/mol. The van der Waals surface area contributed by atoms with Crippen LogP contribution in [0.3, 0.4) is 0 Å². The van der Waals surface area contributed by atoms with Gasteiger partial charge in [0.2, 0.25) is 0 Å². The maximum Gasteiger partial charge on any atom is 0.0441 e. The van der Waals surface area contributed by atoms with Gasteiger partial charge in [-0.3, -0.25) is 0 Å². The molecule has 0 aliphatic heterocycles. The second-order valence-electron chi connectivity index (χ2n) is 4.27. The monoisotopic (exact) mass is 357 g/mol. The lowest BCUT2D eigenvalue weighted by Gasteiger charge is -2.24. The minimum Gasteiger partial charge on any atom is -0.367 e. The third-order valence-electron chi connectivity index (χ3n) is 2.86. The van der Waals surface area contributed by atoms with Gasteiger partial charge in [0.1, 0.15) is 0 Å². The minimum absolute atomic E-state index is 0.662. The van der Waals surface area contributed by atoms with Crippen molar-refractivity contribution < 1.29 is 0 Å². The molecular formula is C15H14BrCl2N. The van der Waals surface area contributed by atoms with E-state index in [0.717, 1.165) is 23.2 Å². The molecular weight excluding hydrogens is 345 g/mol. The lowest BCUT2D eigenvalue weighted by Crippen LogP contribution is -2.21. The molecule has 0 unspecified atom stereocenters. The first-order valence-electron chi connectivity index (χ1n) is 6.04. The Hall–Kier alpha value is -0.700. The van der Waals surface area contributed by atoms with Gasteiger partial charge in [0, 0.05) is 33.3 Å². The van der Waals surface area contributed by atoms with Crippen LogP contribution in [0.1, 0.15) is 12.5 Å². The van der Waals surface area contributed by atoms with E-state index in [0.29, 0.717) is 10.0 Å². The molecule has 0 aromatic heterocycles. The Bertz CT molecular complexity index is 552. The third kappa shape index (κ3) is 4.13. The molecule has 2 aromatic carbocycles. The summed E-state index contributed by atoms with van der Waals surface area (Å²) in [4.78, 5) is 2.24. The number of hydrogen-bond acceptors (Lipinski definition) is 1. The van der Waals surface area contributed by atoms with Crippen molar-refractivity contribution >= 4 is 44.8 Å². The summed E-state index contributed by atoms with van der Waals surface area (Å²) in [5.74, 6) is 0. The molecule has 0 amide bonds. The smallest absolute Gasteiger partial charge is 0.0441 e. The molecule has 0 heterocycles. The van der Waals surface area contributed by atoms with Crippen molar-refractivity contribution in [3.05, 3.63) is 62.5 Å². The van der Waals surface area contributed by atoms with E-state index in [2.05, 4.69) is 39.9 Å². The topological polar surface area (TPSA) is 3.24 Å². The van der Waals surface area contributed by atoms with Gasteiger partial charge >= 0.3 is 0 Å². The molecule has 0 radical (unpaired) electrons. The summed E-state index contributed by atoms with van der Waals surface area (Å²) >= 11 is 15.6. The number of benzene rings is 2. The van der Waals surface area contributed by atoms with E-state index >= 15 is 0 Å². The largest absolute Gasteiger partial charge is 0.367 e. The van der Waals surface area contributed by atoms with E-state index in [4.69, 9.17) is 23.2 Å². The Balaban J connectivity index is 2.24.